The monoisotopic (exact) mass is 447 g/mol. The van der Waals surface area contributed by atoms with E-state index in [1.54, 1.807) is 0 Å². The highest BCUT2D eigenvalue weighted by Crippen LogP contribution is 2.70. The highest BCUT2D eigenvalue weighted by atomic mass is 16.8. The zero-order valence-corrected chi connectivity index (χ0v) is 20.8. The second-order valence-electron chi connectivity index (χ2n) is 12.2. The lowest BCUT2D eigenvalue weighted by molar-refractivity contribution is -0.203. The lowest BCUT2D eigenvalue weighted by Gasteiger charge is -2.39. The van der Waals surface area contributed by atoms with Gasteiger partial charge in [0.2, 0.25) is 0 Å². The molecule has 2 aliphatic carbocycles. The smallest absolute Gasteiger partial charge is 0.316 e. The molecule has 0 radical (unpaired) electrons. The summed E-state index contributed by atoms with van der Waals surface area (Å²) in [5.74, 6) is 0.217. The maximum absolute atomic E-state index is 13.0. The molecule has 3 aliphatic heterocycles. The maximum atomic E-state index is 13.0. The molecule has 0 spiro atoms. The summed E-state index contributed by atoms with van der Waals surface area (Å²) < 4.78 is 12.5. The third-order valence-electron chi connectivity index (χ3n) is 10.2. The summed E-state index contributed by atoms with van der Waals surface area (Å²) in [6.45, 7) is 9.46. The van der Waals surface area contributed by atoms with Gasteiger partial charge in [-0.3, -0.25) is 9.63 Å². The third kappa shape index (κ3) is 3.56. The summed E-state index contributed by atoms with van der Waals surface area (Å²) in [4.78, 5) is 19.5. The largest absolute Gasteiger partial charge is 0.462 e. The summed E-state index contributed by atoms with van der Waals surface area (Å²) in [6.07, 6.45) is 16.0. The molecule has 0 unspecified atom stereocenters. The zero-order chi connectivity index (χ0) is 22.5. The number of fused-ring (bicyclic) bond motifs is 9. The van der Waals surface area contributed by atoms with Gasteiger partial charge in [0.05, 0.1) is 12.1 Å². The van der Waals surface area contributed by atoms with Crippen molar-refractivity contribution in [1.82, 2.24) is 5.06 Å². The van der Waals surface area contributed by atoms with Gasteiger partial charge in [-0.1, -0.05) is 79.1 Å². The Morgan fingerprint density at radius 3 is 2.41 bits per heavy atom. The molecule has 5 rings (SSSR count). The fourth-order valence-electron chi connectivity index (χ4n) is 7.82. The first-order valence-corrected chi connectivity index (χ1v) is 13.7. The van der Waals surface area contributed by atoms with Crippen molar-refractivity contribution < 1.29 is 19.1 Å². The molecule has 32 heavy (non-hydrogen) atoms. The number of carbonyl (C=O) groups is 1. The fraction of sp³-hybridized carbons (Fsp3) is 0.963. The van der Waals surface area contributed by atoms with Gasteiger partial charge in [0.25, 0.3) is 0 Å². The summed E-state index contributed by atoms with van der Waals surface area (Å²) >= 11 is 0. The number of hydrogen-bond donors (Lipinski definition) is 0. The predicted molar refractivity (Wildman–Crippen MR) is 124 cm³/mol. The van der Waals surface area contributed by atoms with Crippen LogP contribution in [0.3, 0.4) is 0 Å². The molecule has 3 heterocycles. The van der Waals surface area contributed by atoms with Crippen LogP contribution in [-0.2, 0) is 19.1 Å². The first-order chi connectivity index (χ1) is 15.4. The van der Waals surface area contributed by atoms with Gasteiger partial charge in [0, 0.05) is 11.8 Å². The molecule has 2 bridgehead atoms. The Bertz CT molecular complexity index is 695. The second-order valence-corrected chi connectivity index (χ2v) is 12.2. The fourth-order valence-corrected chi connectivity index (χ4v) is 7.82. The third-order valence-corrected chi connectivity index (χ3v) is 10.2. The summed E-state index contributed by atoms with van der Waals surface area (Å²) in [5, 5.41) is 2.11. The quantitative estimate of drug-likeness (QED) is 0.303. The first-order valence-electron chi connectivity index (χ1n) is 13.7. The van der Waals surface area contributed by atoms with Crippen molar-refractivity contribution in [2.24, 2.45) is 22.7 Å². The van der Waals surface area contributed by atoms with Crippen molar-refractivity contribution >= 4 is 5.97 Å². The van der Waals surface area contributed by atoms with Crippen LogP contribution in [0.25, 0.3) is 0 Å². The van der Waals surface area contributed by atoms with Crippen LogP contribution in [0, 0.1) is 22.7 Å². The van der Waals surface area contributed by atoms with Crippen molar-refractivity contribution in [3.05, 3.63) is 0 Å². The van der Waals surface area contributed by atoms with Crippen molar-refractivity contribution in [1.29, 1.82) is 0 Å². The van der Waals surface area contributed by atoms with Gasteiger partial charge in [0.1, 0.15) is 24.4 Å². The van der Waals surface area contributed by atoms with Crippen molar-refractivity contribution in [3.8, 4) is 0 Å². The van der Waals surface area contributed by atoms with Crippen LogP contribution in [-0.4, -0.2) is 41.6 Å². The van der Waals surface area contributed by atoms with Crippen LogP contribution in [0.15, 0.2) is 0 Å². The molecule has 5 nitrogen and oxygen atoms in total. The van der Waals surface area contributed by atoms with Crippen LogP contribution in [0.2, 0.25) is 0 Å². The van der Waals surface area contributed by atoms with Crippen molar-refractivity contribution in [3.63, 3.8) is 0 Å². The molecule has 0 N–H and O–H groups in total. The second kappa shape index (κ2) is 8.85. The number of ether oxygens (including phenoxy) is 2. The molecule has 0 aromatic carbocycles. The van der Waals surface area contributed by atoms with Crippen LogP contribution < -0.4 is 0 Å². The Kier molecular flexibility index (Phi) is 6.39. The Morgan fingerprint density at radius 1 is 1.00 bits per heavy atom. The molecule has 0 amide bonds. The standard InChI is InChI=1S/C27H45NO4/c1-5-6-7-8-9-10-11-12-13-14-18-17-20-21(25(29)30-18)24-28(32-20)22-19-15-16-27(4,23(22)31-24)26(19,2)3/h18-24H,5-17H2,1-4H3/t18-,19+,20-,21+,22+,23+,24-,27-/m0/s1. The lowest BCUT2D eigenvalue weighted by Crippen LogP contribution is -2.45. The van der Waals surface area contributed by atoms with Gasteiger partial charge in [-0.25, -0.2) is 0 Å². The number of nitrogens with zero attached hydrogens (tertiary/aromatic N) is 1. The minimum absolute atomic E-state index is 0.0121. The van der Waals surface area contributed by atoms with Gasteiger partial charge < -0.3 is 9.47 Å². The molecule has 2 saturated carbocycles. The highest BCUT2D eigenvalue weighted by molar-refractivity contribution is 5.75. The van der Waals surface area contributed by atoms with E-state index in [1.807, 2.05) is 0 Å². The molecule has 182 valence electrons. The summed E-state index contributed by atoms with van der Waals surface area (Å²) in [6, 6.07) is 0.294. The van der Waals surface area contributed by atoms with Gasteiger partial charge in [0.15, 0.2) is 0 Å². The lowest BCUT2D eigenvalue weighted by atomic mass is 9.70. The molecular weight excluding hydrogens is 402 g/mol. The van der Waals surface area contributed by atoms with Gasteiger partial charge in [-0.15, -0.1) is 0 Å². The zero-order valence-electron chi connectivity index (χ0n) is 20.8. The van der Waals surface area contributed by atoms with Gasteiger partial charge >= 0.3 is 5.97 Å². The van der Waals surface area contributed by atoms with E-state index >= 15 is 0 Å². The van der Waals surface area contributed by atoms with E-state index in [4.69, 9.17) is 14.3 Å². The number of hydrogen-bond acceptors (Lipinski definition) is 5. The minimum atomic E-state index is -0.272. The van der Waals surface area contributed by atoms with E-state index in [0.29, 0.717) is 12.0 Å². The molecule has 8 atom stereocenters. The number of cyclic esters (lactones) is 1. The van der Waals surface area contributed by atoms with E-state index in [0.717, 1.165) is 19.3 Å². The van der Waals surface area contributed by atoms with Crippen LogP contribution >= 0.6 is 0 Å². The Hall–Kier alpha value is -0.650. The van der Waals surface area contributed by atoms with Gasteiger partial charge in [-0.2, -0.15) is 5.06 Å². The highest BCUT2D eigenvalue weighted by Gasteiger charge is 2.74. The Labute approximate surface area is 194 Å². The van der Waals surface area contributed by atoms with E-state index in [9.17, 15) is 4.79 Å². The Balaban J connectivity index is 1.10. The molecule has 0 aromatic rings. The van der Waals surface area contributed by atoms with Crippen molar-refractivity contribution in [2.45, 2.75) is 142 Å². The number of rotatable bonds is 10. The van der Waals surface area contributed by atoms with E-state index < -0.39 is 0 Å². The van der Waals surface area contributed by atoms with Crippen LogP contribution in [0.4, 0.5) is 0 Å². The average molecular weight is 448 g/mol. The Morgan fingerprint density at radius 2 is 1.69 bits per heavy atom. The molecule has 5 aliphatic rings. The molecule has 5 heteroatoms. The van der Waals surface area contributed by atoms with Crippen molar-refractivity contribution in [2.75, 3.05) is 0 Å². The SMILES string of the molecule is CCCCCCCCCCC[C@H]1C[C@@H]2ON3[C@@H]4[C@H]5CC[C@@](C)([C@@H]4O[C@H]3[C@@H]2C(=O)O1)C5(C)C. The average Bonchev–Trinajstić information content (AvgIpc) is 3.39. The molecule has 5 fully saturated rings. The number of carbonyl (C=O) groups excluding carboxylic acids is 1. The first kappa shape index (κ1) is 23.1. The molecule has 0 aromatic heterocycles. The number of unbranched alkanes of at least 4 members (excludes halogenated alkanes) is 8. The van der Waals surface area contributed by atoms with Gasteiger partial charge in [-0.05, 0) is 37.0 Å². The van der Waals surface area contributed by atoms with E-state index in [2.05, 4.69) is 32.8 Å². The molecular formula is C27H45NO4. The minimum Gasteiger partial charge on any atom is -0.462 e. The van der Waals surface area contributed by atoms with E-state index in [-0.39, 0.29) is 47.3 Å². The normalized spacial score (nSPS) is 43.9. The number of hydroxylamine groups is 2. The summed E-state index contributed by atoms with van der Waals surface area (Å²) in [7, 11) is 0. The summed E-state index contributed by atoms with van der Waals surface area (Å²) in [5.41, 5.74) is 0.423. The maximum Gasteiger partial charge on any atom is 0.316 e. The van der Waals surface area contributed by atoms with Crippen LogP contribution in [0.1, 0.15) is 111 Å². The number of esters is 1. The topological polar surface area (TPSA) is 48.0 Å². The van der Waals surface area contributed by atoms with E-state index in [1.165, 1.54) is 64.2 Å². The predicted octanol–water partition coefficient (Wildman–Crippen LogP) is 6.00. The molecule has 3 saturated heterocycles. The van der Waals surface area contributed by atoms with Crippen LogP contribution in [0.5, 0.6) is 0 Å².